The lowest BCUT2D eigenvalue weighted by Crippen LogP contribution is -2.29. The molecule has 1 atom stereocenters. The standard InChI is InChI=1S/C15H25N3O4S/c1-15(2,3)14-17-13(22-18-14)6-4-5-12(19)16-9-11-7-8-23(20,21)10-11/h11H,4-10H2,1-3H3,(H,16,19)/t11-/m0/s1. The van der Waals surface area contributed by atoms with E-state index in [1.807, 2.05) is 20.8 Å². The molecule has 0 saturated carbocycles. The van der Waals surface area contributed by atoms with Crippen LogP contribution in [-0.2, 0) is 26.5 Å². The van der Waals surface area contributed by atoms with Gasteiger partial charge in [0, 0.05) is 24.8 Å². The summed E-state index contributed by atoms with van der Waals surface area (Å²) in [6.07, 6.45) is 2.20. The van der Waals surface area contributed by atoms with Crippen molar-refractivity contribution in [2.45, 2.75) is 51.9 Å². The lowest BCUT2D eigenvalue weighted by molar-refractivity contribution is -0.121. The third-order valence-corrected chi connectivity index (χ3v) is 5.69. The molecule has 0 bridgehead atoms. The Bertz CT molecular complexity index is 646. The van der Waals surface area contributed by atoms with Gasteiger partial charge in [-0.05, 0) is 18.8 Å². The van der Waals surface area contributed by atoms with Gasteiger partial charge in [0.25, 0.3) is 0 Å². The van der Waals surface area contributed by atoms with Gasteiger partial charge in [-0.1, -0.05) is 25.9 Å². The molecule has 2 rings (SSSR count). The largest absolute Gasteiger partial charge is 0.356 e. The lowest BCUT2D eigenvalue weighted by atomic mass is 9.96. The van der Waals surface area contributed by atoms with Gasteiger partial charge in [0.2, 0.25) is 11.8 Å². The molecule has 0 aromatic carbocycles. The van der Waals surface area contributed by atoms with E-state index in [0.717, 1.165) is 0 Å². The molecule has 1 aromatic rings. The number of hydrogen-bond acceptors (Lipinski definition) is 6. The summed E-state index contributed by atoms with van der Waals surface area (Å²) in [6.45, 7) is 6.47. The molecule has 1 saturated heterocycles. The fourth-order valence-corrected chi connectivity index (χ4v) is 4.30. The highest BCUT2D eigenvalue weighted by Crippen LogP contribution is 2.19. The summed E-state index contributed by atoms with van der Waals surface area (Å²) >= 11 is 0. The SMILES string of the molecule is CC(C)(C)c1noc(CCCC(=O)NC[C@@H]2CCS(=O)(=O)C2)n1. The highest BCUT2D eigenvalue weighted by Gasteiger charge is 2.27. The maximum Gasteiger partial charge on any atom is 0.226 e. The fourth-order valence-electron chi connectivity index (χ4n) is 2.44. The van der Waals surface area contributed by atoms with Gasteiger partial charge in [0.05, 0.1) is 11.5 Å². The summed E-state index contributed by atoms with van der Waals surface area (Å²) in [6, 6.07) is 0. The highest BCUT2D eigenvalue weighted by atomic mass is 32.2. The van der Waals surface area contributed by atoms with Gasteiger partial charge in [-0.15, -0.1) is 0 Å². The molecular formula is C15H25N3O4S. The van der Waals surface area contributed by atoms with Crippen molar-refractivity contribution in [3.05, 3.63) is 11.7 Å². The van der Waals surface area contributed by atoms with Gasteiger partial charge in [-0.3, -0.25) is 4.79 Å². The van der Waals surface area contributed by atoms with Crippen molar-refractivity contribution in [3.8, 4) is 0 Å². The van der Waals surface area contributed by atoms with E-state index in [2.05, 4.69) is 15.5 Å². The Balaban J connectivity index is 1.66. The summed E-state index contributed by atoms with van der Waals surface area (Å²) in [4.78, 5) is 16.1. The zero-order valence-corrected chi connectivity index (χ0v) is 14.8. The number of carbonyl (C=O) groups excluding carboxylic acids is 1. The Morgan fingerprint density at radius 1 is 1.39 bits per heavy atom. The third-order valence-electron chi connectivity index (χ3n) is 3.85. The molecule has 8 heteroatoms. The first-order chi connectivity index (χ1) is 10.7. The van der Waals surface area contributed by atoms with E-state index >= 15 is 0 Å². The van der Waals surface area contributed by atoms with Crippen LogP contribution in [0.25, 0.3) is 0 Å². The lowest BCUT2D eigenvalue weighted by Gasteiger charge is -2.10. The van der Waals surface area contributed by atoms with Crippen molar-refractivity contribution >= 4 is 15.7 Å². The summed E-state index contributed by atoms with van der Waals surface area (Å²) in [5.41, 5.74) is -0.152. The molecule has 1 aromatic heterocycles. The van der Waals surface area contributed by atoms with Crippen molar-refractivity contribution in [1.82, 2.24) is 15.5 Å². The topological polar surface area (TPSA) is 102 Å². The van der Waals surface area contributed by atoms with E-state index in [1.165, 1.54) is 0 Å². The minimum atomic E-state index is -2.89. The first-order valence-electron chi connectivity index (χ1n) is 7.96. The molecule has 1 fully saturated rings. The summed E-state index contributed by atoms with van der Waals surface area (Å²) in [5, 5.41) is 6.75. The van der Waals surface area contributed by atoms with Crippen LogP contribution in [0.4, 0.5) is 0 Å². The number of amides is 1. The van der Waals surface area contributed by atoms with Crippen LogP contribution in [0, 0.1) is 5.92 Å². The number of sulfone groups is 1. The van der Waals surface area contributed by atoms with Crippen molar-refractivity contribution in [2.75, 3.05) is 18.1 Å². The number of nitrogens with zero attached hydrogens (tertiary/aromatic N) is 2. The van der Waals surface area contributed by atoms with Crippen LogP contribution in [-0.4, -0.2) is 42.5 Å². The van der Waals surface area contributed by atoms with Crippen LogP contribution in [0.1, 0.15) is 51.7 Å². The van der Waals surface area contributed by atoms with Gasteiger partial charge in [0.1, 0.15) is 0 Å². The van der Waals surface area contributed by atoms with Crippen LogP contribution in [0.5, 0.6) is 0 Å². The Morgan fingerprint density at radius 3 is 2.70 bits per heavy atom. The monoisotopic (exact) mass is 343 g/mol. The average molecular weight is 343 g/mol. The number of hydrogen-bond donors (Lipinski definition) is 1. The fraction of sp³-hybridized carbons (Fsp3) is 0.800. The predicted molar refractivity (Wildman–Crippen MR) is 85.7 cm³/mol. The van der Waals surface area contributed by atoms with Gasteiger partial charge in [0.15, 0.2) is 15.7 Å². The van der Waals surface area contributed by atoms with Gasteiger partial charge < -0.3 is 9.84 Å². The molecule has 1 amide bonds. The Hall–Kier alpha value is -1.44. The summed E-state index contributed by atoms with van der Waals surface area (Å²) < 4.78 is 27.9. The molecular weight excluding hydrogens is 318 g/mol. The Labute approximate surface area is 137 Å². The van der Waals surface area contributed by atoms with Crippen molar-refractivity contribution in [3.63, 3.8) is 0 Å². The van der Waals surface area contributed by atoms with Crippen molar-refractivity contribution in [2.24, 2.45) is 5.92 Å². The van der Waals surface area contributed by atoms with E-state index in [-0.39, 0.29) is 28.7 Å². The van der Waals surface area contributed by atoms with E-state index in [4.69, 9.17) is 4.52 Å². The Morgan fingerprint density at radius 2 is 2.13 bits per heavy atom. The smallest absolute Gasteiger partial charge is 0.226 e. The van der Waals surface area contributed by atoms with Gasteiger partial charge in [-0.2, -0.15) is 4.98 Å². The average Bonchev–Trinajstić information content (AvgIpc) is 3.02. The van der Waals surface area contributed by atoms with Crippen LogP contribution >= 0.6 is 0 Å². The third kappa shape index (κ3) is 5.60. The van der Waals surface area contributed by atoms with E-state index in [9.17, 15) is 13.2 Å². The molecule has 0 aliphatic carbocycles. The maximum absolute atomic E-state index is 11.8. The van der Waals surface area contributed by atoms with Gasteiger partial charge in [-0.25, -0.2) is 8.42 Å². The first kappa shape index (κ1) is 17.9. The molecule has 7 nitrogen and oxygen atoms in total. The highest BCUT2D eigenvalue weighted by molar-refractivity contribution is 7.91. The zero-order valence-electron chi connectivity index (χ0n) is 14.0. The minimum absolute atomic E-state index is 0.0502. The second kappa shape index (κ2) is 6.98. The maximum atomic E-state index is 11.8. The Kier molecular flexibility index (Phi) is 5.44. The number of aromatic nitrogens is 2. The van der Waals surface area contributed by atoms with E-state index in [1.54, 1.807) is 0 Å². The van der Waals surface area contributed by atoms with Crippen LogP contribution in [0.2, 0.25) is 0 Å². The number of carbonyl (C=O) groups is 1. The number of rotatable bonds is 6. The first-order valence-corrected chi connectivity index (χ1v) is 9.78. The minimum Gasteiger partial charge on any atom is -0.356 e. The van der Waals surface area contributed by atoms with Crippen LogP contribution < -0.4 is 5.32 Å². The van der Waals surface area contributed by atoms with Crippen LogP contribution in [0.15, 0.2) is 4.52 Å². The van der Waals surface area contributed by atoms with Crippen molar-refractivity contribution in [1.29, 1.82) is 0 Å². The quantitative estimate of drug-likeness (QED) is 0.834. The van der Waals surface area contributed by atoms with Crippen molar-refractivity contribution < 1.29 is 17.7 Å². The normalized spacial score (nSPS) is 20.6. The predicted octanol–water partition coefficient (Wildman–Crippen LogP) is 1.24. The number of nitrogens with one attached hydrogen (secondary N) is 1. The molecule has 1 N–H and O–H groups in total. The molecule has 0 spiro atoms. The molecule has 1 aliphatic rings. The molecule has 130 valence electrons. The second-order valence-corrected chi connectivity index (χ2v) is 9.42. The van der Waals surface area contributed by atoms with Crippen LogP contribution in [0.3, 0.4) is 0 Å². The molecule has 0 unspecified atom stereocenters. The van der Waals surface area contributed by atoms with Gasteiger partial charge >= 0.3 is 0 Å². The zero-order chi connectivity index (χ0) is 17.1. The molecule has 0 radical (unpaired) electrons. The molecule has 23 heavy (non-hydrogen) atoms. The molecule has 2 heterocycles. The number of aryl methyl sites for hydroxylation is 1. The summed E-state index contributed by atoms with van der Waals surface area (Å²) in [5.74, 6) is 1.62. The van der Waals surface area contributed by atoms with E-state index < -0.39 is 9.84 Å². The second-order valence-electron chi connectivity index (χ2n) is 7.19. The summed E-state index contributed by atoms with van der Waals surface area (Å²) in [7, 11) is -2.89. The molecule has 1 aliphatic heterocycles. The van der Waals surface area contributed by atoms with E-state index in [0.29, 0.717) is 43.9 Å².